The summed E-state index contributed by atoms with van der Waals surface area (Å²) in [5.74, 6) is -3.04. The van der Waals surface area contributed by atoms with E-state index in [0.29, 0.717) is 0 Å². The van der Waals surface area contributed by atoms with Crippen LogP contribution in [0, 0.1) is 0 Å². The Labute approximate surface area is 65.0 Å². The molecule has 0 unspecified atom stereocenters. The Morgan fingerprint density at radius 2 is 2.00 bits per heavy atom. The van der Waals surface area contributed by atoms with E-state index in [1.165, 1.54) is 0 Å². The summed E-state index contributed by atoms with van der Waals surface area (Å²) in [6.07, 6.45) is -4.91. The van der Waals surface area contributed by atoms with E-state index in [0.717, 1.165) is 12.1 Å². The lowest BCUT2D eigenvalue weighted by Gasteiger charge is -2.00. The van der Waals surface area contributed by atoms with E-state index in [9.17, 15) is 18.0 Å². The quantitative estimate of drug-likeness (QED) is 0.666. The molecule has 0 aliphatic rings. The van der Waals surface area contributed by atoms with Crippen molar-refractivity contribution in [1.82, 2.24) is 0 Å². The molecule has 0 aromatic carbocycles. The molecule has 1 aromatic heterocycles. The normalized spacial score (nSPS) is 11.6. The average Bonchev–Trinajstić information content (AvgIpc) is 2.32. The second-order valence-corrected chi connectivity index (χ2v) is 2.03. The van der Waals surface area contributed by atoms with Gasteiger partial charge >= 0.3 is 12.0 Å². The van der Waals surface area contributed by atoms with E-state index in [2.05, 4.69) is 4.42 Å². The molecule has 6 heteroatoms. The standard InChI is InChI=1S/C6H4F3NO2/c7-6(8,9)5(11)3-1-2-4(10)12-3/h1-2H,10H2. The highest BCUT2D eigenvalue weighted by atomic mass is 19.4. The molecule has 0 fully saturated rings. The van der Waals surface area contributed by atoms with Crippen LogP contribution in [0.2, 0.25) is 0 Å². The number of rotatable bonds is 1. The summed E-state index contributed by atoms with van der Waals surface area (Å²) in [6.45, 7) is 0. The zero-order valence-corrected chi connectivity index (χ0v) is 5.68. The van der Waals surface area contributed by atoms with Crippen LogP contribution >= 0.6 is 0 Å². The van der Waals surface area contributed by atoms with Crippen LogP contribution in [0.5, 0.6) is 0 Å². The Bertz CT molecular complexity index is 302. The molecule has 12 heavy (non-hydrogen) atoms. The first-order valence-electron chi connectivity index (χ1n) is 2.88. The summed E-state index contributed by atoms with van der Waals surface area (Å²) in [7, 11) is 0. The Kier molecular flexibility index (Phi) is 1.83. The third-order valence-corrected chi connectivity index (χ3v) is 1.11. The zero-order valence-electron chi connectivity index (χ0n) is 5.68. The molecule has 0 bridgehead atoms. The number of nitrogen functional groups attached to an aromatic ring is 1. The summed E-state index contributed by atoms with van der Waals surface area (Å²) in [6, 6.07) is 1.96. The molecule has 3 nitrogen and oxygen atoms in total. The Morgan fingerprint density at radius 3 is 2.33 bits per heavy atom. The number of Topliss-reactive ketones (excluding diaryl/α,β-unsaturated/α-hetero) is 1. The fourth-order valence-corrected chi connectivity index (χ4v) is 0.615. The van der Waals surface area contributed by atoms with Crippen molar-refractivity contribution in [2.45, 2.75) is 6.18 Å². The zero-order chi connectivity index (χ0) is 9.35. The molecule has 1 rings (SSSR count). The minimum absolute atomic E-state index is 0.220. The first-order chi connectivity index (χ1) is 5.41. The number of ketones is 1. The summed E-state index contributed by atoms with van der Waals surface area (Å²) in [4.78, 5) is 10.4. The van der Waals surface area contributed by atoms with Gasteiger partial charge < -0.3 is 10.2 Å². The van der Waals surface area contributed by atoms with E-state index in [1.54, 1.807) is 0 Å². The molecule has 0 atom stereocenters. The lowest BCUT2D eigenvalue weighted by atomic mass is 10.3. The van der Waals surface area contributed by atoms with E-state index in [1.807, 2.05) is 0 Å². The van der Waals surface area contributed by atoms with Crippen molar-refractivity contribution in [3.63, 3.8) is 0 Å². The van der Waals surface area contributed by atoms with Gasteiger partial charge in [0.15, 0.2) is 11.6 Å². The van der Waals surface area contributed by atoms with Gasteiger partial charge in [0.25, 0.3) is 0 Å². The molecule has 0 radical (unpaired) electrons. The predicted molar refractivity (Wildman–Crippen MR) is 33.5 cm³/mol. The summed E-state index contributed by atoms with van der Waals surface area (Å²) in [5, 5.41) is 0. The smallest absolute Gasteiger partial charge is 0.438 e. The van der Waals surface area contributed by atoms with Gasteiger partial charge in [-0.15, -0.1) is 0 Å². The molecule has 0 saturated carbocycles. The van der Waals surface area contributed by atoms with Crippen LogP contribution in [0.15, 0.2) is 16.5 Å². The number of furan rings is 1. The number of nitrogens with two attached hydrogens (primary N) is 1. The first kappa shape index (κ1) is 8.63. The number of halogens is 3. The van der Waals surface area contributed by atoms with Gasteiger partial charge in [-0.1, -0.05) is 0 Å². The van der Waals surface area contributed by atoms with Gasteiger partial charge in [0.2, 0.25) is 0 Å². The van der Waals surface area contributed by atoms with E-state index in [4.69, 9.17) is 5.73 Å². The second kappa shape index (κ2) is 2.54. The minimum Gasteiger partial charge on any atom is -0.438 e. The van der Waals surface area contributed by atoms with Crippen molar-refractivity contribution in [2.24, 2.45) is 0 Å². The van der Waals surface area contributed by atoms with E-state index in [-0.39, 0.29) is 5.88 Å². The molecule has 66 valence electrons. The molecule has 0 aliphatic heterocycles. The highest BCUT2D eigenvalue weighted by molar-refractivity contribution is 5.98. The summed E-state index contributed by atoms with van der Waals surface area (Å²) < 4.78 is 39.4. The topological polar surface area (TPSA) is 56.2 Å². The highest BCUT2D eigenvalue weighted by Crippen LogP contribution is 2.23. The van der Waals surface area contributed by atoms with Gasteiger partial charge in [0.1, 0.15) is 0 Å². The number of carbonyl (C=O) groups is 1. The Hall–Kier alpha value is -1.46. The molecule has 0 amide bonds. The van der Waals surface area contributed by atoms with Crippen molar-refractivity contribution >= 4 is 11.7 Å². The van der Waals surface area contributed by atoms with Crippen molar-refractivity contribution in [1.29, 1.82) is 0 Å². The predicted octanol–water partition coefficient (Wildman–Crippen LogP) is 1.61. The highest BCUT2D eigenvalue weighted by Gasteiger charge is 2.41. The average molecular weight is 179 g/mol. The van der Waals surface area contributed by atoms with E-state index < -0.39 is 17.7 Å². The SMILES string of the molecule is Nc1ccc(C(=O)C(F)(F)F)o1. The van der Waals surface area contributed by atoms with Crippen molar-refractivity contribution in [2.75, 3.05) is 5.73 Å². The lowest BCUT2D eigenvalue weighted by molar-refractivity contribution is -0.0898. The molecule has 1 heterocycles. The molecule has 0 saturated heterocycles. The maximum atomic E-state index is 11.7. The molecular formula is C6H4F3NO2. The van der Waals surface area contributed by atoms with Crippen LogP contribution < -0.4 is 5.73 Å². The van der Waals surface area contributed by atoms with Crippen LogP contribution in [0.1, 0.15) is 10.6 Å². The maximum absolute atomic E-state index is 11.7. The Morgan fingerprint density at radius 1 is 1.42 bits per heavy atom. The van der Waals surface area contributed by atoms with Gasteiger partial charge in [0, 0.05) is 6.07 Å². The van der Waals surface area contributed by atoms with Gasteiger partial charge in [-0.25, -0.2) is 0 Å². The number of hydrogen-bond acceptors (Lipinski definition) is 3. The Balaban J connectivity index is 2.93. The minimum atomic E-state index is -4.91. The van der Waals surface area contributed by atoms with Crippen LogP contribution in [0.4, 0.5) is 19.1 Å². The van der Waals surface area contributed by atoms with Gasteiger partial charge in [-0.3, -0.25) is 4.79 Å². The fraction of sp³-hybridized carbons (Fsp3) is 0.167. The fourth-order valence-electron chi connectivity index (χ4n) is 0.615. The molecule has 1 aromatic rings. The third kappa shape index (κ3) is 1.58. The largest absolute Gasteiger partial charge is 0.458 e. The monoisotopic (exact) mass is 179 g/mol. The van der Waals surface area contributed by atoms with Gasteiger partial charge in [-0.2, -0.15) is 13.2 Å². The maximum Gasteiger partial charge on any atom is 0.458 e. The van der Waals surface area contributed by atoms with Gasteiger partial charge in [-0.05, 0) is 6.07 Å². The number of hydrogen-bond donors (Lipinski definition) is 1. The van der Waals surface area contributed by atoms with Crippen molar-refractivity contribution < 1.29 is 22.4 Å². The van der Waals surface area contributed by atoms with Crippen LogP contribution in [-0.2, 0) is 0 Å². The molecule has 0 aliphatic carbocycles. The molecular weight excluding hydrogens is 175 g/mol. The van der Waals surface area contributed by atoms with Crippen LogP contribution in [0.3, 0.4) is 0 Å². The van der Waals surface area contributed by atoms with Crippen molar-refractivity contribution in [3.8, 4) is 0 Å². The number of alkyl halides is 3. The molecule has 2 N–H and O–H groups in total. The summed E-state index contributed by atoms with van der Waals surface area (Å²) in [5.41, 5.74) is 4.97. The second-order valence-electron chi connectivity index (χ2n) is 2.03. The summed E-state index contributed by atoms with van der Waals surface area (Å²) >= 11 is 0. The van der Waals surface area contributed by atoms with Crippen LogP contribution in [0.25, 0.3) is 0 Å². The van der Waals surface area contributed by atoms with Crippen molar-refractivity contribution in [3.05, 3.63) is 17.9 Å². The molecule has 0 spiro atoms. The first-order valence-corrected chi connectivity index (χ1v) is 2.88. The third-order valence-electron chi connectivity index (χ3n) is 1.11. The number of carbonyl (C=O) groups excluding carboxylic acids is 1. The van der Waals surface area contributed by atoms with Crippen LogP contribution in [-0.4, -0.2) is 12.0 Å². The van der Waals surface area contributed by atoms with E-state index >= 15 is 0 Å². The lowest BCUT2D eigenvalue weighted by Crippen LogP contribution is -2.21. The van der Waals surface area contributed by atoms with Gasteiger partial charge in [0.05, 0.1) is 0 Å². The number of anilines is 1.